The van der Waals surface area contributed by atoms with Crippen molar-refractivity contribution in [3.63, 3.8) is 0 Å². The Balaban J connectivity index is 2.02. The topological polar surface area (TPSA) is 75.1 Å². The smallest absolute Gasteiger partial charge is 0.227 e. The third kappa shape index (κ3) is 2.57. The predicted molar refractivity (Wildman–Crippen MR) is 83.1 cm³/mol. The van der Waals surface area contributed by atoms with E-state index in [0.717, 1.165) is 10.8 Å². The number of hydrogen-bond donors (Lipinski definition) is 2. The lowest BCUT2D eigenvalue weighted by atomic mass is 10.0. The van der Waals surface area contributed by atoms with Gasteiger partial charge in [0.1, 0.15) is 5.75 Å². The van der Waals surface area contributed by atoms with E-state index in [4.69, 9.17) is 0 Å². The number of aromatic nitrogens is 2. The minimum Gasteiger partial charge on any atom is -0.507 e. The zero-order valence-electron chi connectivity index (χ0n) is 11.3. The van der Waals surface area contributed by atoms with Crippen molar-refractivity contribution in [2.45, 2.75) is 6.92 Å². The summed E-state index contributed by atoms with van der Waals surface area (Å²) in [5.41, 5.74) is 0.243. The average Bonchev–Trinajstić information content (AvgIpc) is 2.95. The maximum Gasteiger partial charge on any atom is 0.227 e. The molecule has 0 bridgehead atoms. The first-order valence-electron chi connectivity index (χ1n) is 6.53. The summed E-state index contributed by atoms with van der Waals surface area (Å²) in [4.78, 5) is 12.4. The van der Waals surface area contributed by atoms with Crippen LogP contribution in [0.2, 0.25) is 0 Å². The largest absolute Gasteiger partial charge is 0.507 e. The van der Waals surface area contributed by atoms with Gasteiger partial charge in [0.25, 0.3) is 0 Å². The second kappa shape index (κ2) is 5.49. The second-order valence-electron chi connectivity index (χ2n) is 4.49. The van der Waals surface area contributed by atoms with Crippen LogP contribution in [0.1, 0.15) is 22.3 Å². The Bertz CT molecular complexity index is 814. The van der Waals surface area contributed by atoms with E-state index >= 15 is 0 Å². The minimum atomic E-state index is -0.320. The van der Waals surface area contributed by atoms with Crippen molar-refractivity contribution in [2.24, 2.45) is 0 Å². The quantitative estimate of drug-likeness (QED) is 0.724. The average molecular weight is 299 g/mol. The van der Waals surface area contributed by atoms with Gasteiger partial charge in [0.15, 0.2) is 5.01 Å². The van der Waals surface area contributed by atoms with Gasteiger partial charge in [-0.1, -0.05) is 35.6 Å². The van der Waals surface area contributed by atoms with Gasteiger partial charge in [-0.25, -0.2) is 0 Å². The molecule has 0 fully saturated rings. The standard InChI is InChI=1S/C15H13N3O2S/c1-2-16-15-18-17-14(21-15)13(20)11-7-9-5-3-4-6-10(9)8-12(11)19/h3-8,19H,2H2,1H3,(H,16,18). The van der Waals surface area contributed by atoms with Gasteiger partial charge < -0.3 is 10.4 Å². The number of benzene rings is 2. The van der Waals surface area contributed by atoms with Gasteiger partial charge in [0.05, 0.1) is 5.56 Å². The SMILES string of the molecule is CCNc1nnc(C(=O)c2cc3ccccc3cc2O)s1. The summed E-state index contributed by atoms with van der Waals surface area (Å²) in [5, 5.41) is 23.5. The zero-order valence-corrected chi connectivity index (χ0v) is 12.1. The summed E-state index contributed by atoms with van der Waals surface area (Å²) in [6.07, 6.45) is 0. The highest BCUT2D eigenvalue weighted by Gasteiger charge is 2.19. The Hall–Kier alpha value is -2.47. The van der Waals surface area contributed by atoms with E-state index in [9.17, 15) is 9.90 Å². The number of anilines is 1. The number of fused-ring (bicyclic) bond motifs is 1. The number of carbonyl (C=O) groups is 1. The van der Waals surface area contributed by atoms with E-state index in [1.807, 2.05) is 31.2 Å². The van der Waals surface area contributed by atoms with Gasteiger partial charge in [-0.05, 0) is 29.8 Å². The highest BCUT2D eigenvalue weighted by Crippen LogP contribution is 2.28. The molecule has 0 amide bonds. The van der Waals surface area contributed by atoms with Gasteiger partial charge in [0.2, 0.25) is 10.9 Å². The number of phenols is 1. The van der Waals surface area contributed by atoms with Crippen LogP contribution in [0.4, 0.5) is 5.13 Å². The molecule has 0 saturated carbocycles. The van der Waals surface area contributed by atoms with Crippen molar-refractivity contribution >= 4 is 33.0 Å². The summed E-state index contributed by atoms with van der Waals surface area (Å²) in [7, 11) is 0. The fraction of sp³-hybridized carbons (Fsp3) is 0.133. The van der Waals surface area contributed by atoms with Gasteiger partial charge in [-0.15, -0.1) is 10.2 Å². The van der Waals surface area contributed by atoms with Crippen LogP contribution in [0, 0.1) is 0 Å². The number of nitrogens with zero attached hydrogens (tertiary/aromatic N) is 2. The summed E-state index contributed by atoms with van der Waals surface area (Å²) in [5.74, 6) is -0.362. The second-order valence-corrected chi connectivity index (χ2v) is 5.47. The summed E-state index contributed by atoms with van der Waals surface area (Å²) < 4.78 is 0. The maximum atomic E-state index is 12.4. The van der Waals surface area contributed by atoms with Crippen LogP contribution in [0.15, 0.2) is 36.4 Å². The van der Waals surface area contributed by atoms with Crippen LogP contribution in [-0.2, 0) is 0 Å². The zero-order chi connectivity index (χ0) is 14.8. The number of aromatic hydroxyl groups is 1. The fourth-order valence-corrected chi connectivity index (χ4v) is 2.83. The molecule has 21 heavy (non-hydrogen) atoms. The van der Waals surface area contributed by atoms with Crippen LogP contribution < -0.4 is 5.32 Å². The van der Waals surface area contributed by atoms with Gasteiger partial charge in [0, 0.05) is 6.54 Å². The number of ketones is 1. The van der Waals surface area contributed by atoms with Gasteiger partial charge in [-0.3, -0.25) is 4.79 Å². The van der Waals surface area contributed by atoms with Crippen molar-refractivity contribution in [2.75, 3.05) is 11.9 Å². The van der Waals surface area contributed by atoms with E-state index < -0.39 is 0 Å². The molecule has 6 heteroatoms. The number of nitrogens with one attached hydrogen (secondary N) is 1. The Morgan fingerprint density at radius 2 is 1.95 bits per heavy atom. The predicted octanol–water partition coefficient (Wildman–Crippen LogP) is 3.06. The molecule has 1 heterocycles. The van der Waals surface area contributed by atoms with E-state index in [1.165, 1.54) is 11.3 Å². The van der Waals surface area contributed by atoms with Crippen LogP contribution in [0.25, 0.3) is 10.8 Å². The molecule has 0 spiro atoms. The van der Waals surface area contributed by atoms with Crippen molar-refractivity contribution in [3.05, 3.63) is 47.0 Å². The molecule has 0 aliphatic heterocycles. The number of hydrogen-bond acceptors (Lipinski definition) is 6. The highest BCUT2D eigenvalue weighted by molar-refractivity contribution is 7.17. The van der Waals surface area contributed by atoms with E-state index in [0.29, 0.717) is 11.7 Å². The van der Waals surface area contributed by atoms with Crippen LogP contribution in [-0.4, -0.2) is 27.6 Å². The third-order valence-electron chi connectivity index (χ3n) is 3.06. The van der Waals surface area contributed by atoms with Crippen molar-refractivity contribution in [1.29, 1.82) is 0 Å². The molecule has 3 rings (SSSR count). The summed E-state index contributed by atoms with van der Waals surface area (Å²) in [6.45, 7) is 2.65. The molecule has 3 aromatic rings. The Labute approximate surface area is 125 Å². The van der Waals surface area contributed by atoms with E-state index in [2.05, 4.69) is 15.5 Å². The van der Waals surface area contributed by atoms with E-state index in [-0.39, 0.29) is 22.1 Å². The molecule has 0 atom stereocenters. The van der Waals surface area contributed by atoms with Gasteiger partial charge in [-0.2, -0.15) is 0 Å². The molecule has 0 unspecified atom stereocenters. The van der Waals surface area contributed by atoms with Gasteiger partial charge >= 0.3 is 0 Å². The maximum absolute atomic E-state index is 12.4. The first-order valence-corrected chi connectivity index (χ1v) is 7.34. The molecule has 5 nitrogen and oxygen atoms in total. The molecule has 2 aromatic carbocycles. The summed E-state index contributed by atoms with van der Waals surface area (Å²) in [6, 6.07) is 10.8. The fourth-order valence-electron chi connectivity index (χ4n) is 2.06. The minimum absolute atomic E-state index is 0.0427. The number of carbonyl (C=O) groups excluding carboxylic acids is 1. The normalized spacial score (nSPS) is 10.7. The molecular weight excluding hydrogens is 286 g/mol. The lowest BCUT2D eigenvalue weighted by Crippen LogP contribution is -2.01. The first kappa shape index (κ1) is 13.5. The monoisotopic (exact) mass is 299 g/mol. The molecule has 2 N–H and O–H groups in total. The lowest BCUT2D eigenvalue weighted by Gasteiger charge is -2.04. The molecule has 0 aliphatic carbocycles. The lowest BCUT2D eigenvalue weighted by molar-refractivity contribution is 0.103. The molecule has 0 radical (unpaired) electrons. The highest BCUT2D eigenvalue weighted by atomic mass is 32.1. The number of phenolic OH excluding ortho intramolecular Hbond substituents is 1. The van der Waals surface area contributed by atoms with Crippen molar-refractivity contribution in [3.8, 4) is 5.75 Å². The van der Waals surface area contributed by atoms with Crippen LogP contribution >= 0.6 is 11.3 Å². The van der Waals surface area contributed by atoms with Crippen molar-refractivity contribution < 1.29 is 9.90 Å². The van der Waals surface area contributed by atoms with Crippen molar-refractivity contribution in [1.82, 2.24) is 10.2 Å². The Kier molecular flexibility index (Phi) is 3.53. The Morgan fingerprint density at radius 1 is 1.24 bits per heavy atom. The third-order valence-corrected chi connectivity index (χ3v) is 3.94. The molecule has 0 saturated heterocycles. The Morgan fingerprint density at radius 3 is 2.67 bits per heavy atom. The van der Waals surface area contributed by atoms with E-state index in [1.54, 1.807) is 12.1 Å². The molecule has 1 aromatic heterocycles. The molecule has 0 aliphatic rings. The molecule has 106 valence electrons. The summed E-state index contributed by atoms with van der Waals surface area (Å²) >= 11 is 1.18. The molecular formula is C15H13N3O2S. The number of rotatable bonds is 4. The van der Waals surface area contributed by atoms with Crippen LogP contribution in [0.5, 0.6) is 5.75 Å². The van der Waals surface area contributed by atoms with Crippen LogP contribution in [0.3, 0.4) is 0 Å². The first-order chi connectivity index (χ1) is 10.2.